The van der Waals surface area contributed by atoms with Crippen molar-refractivity contribution in [2.24, 2.45) is 0 Å². The van der Waals surface area contributed by atoms with Crippen LogP contribution in [0.1, 0.15) is 23.2 Å². The van der Waals surface area contributed by atoms with Gasteiger partial charge in [-0.2, -0.15) is 82.3 Å². The molecule has 0 saturated carbocycles. The number of hydrogen-bond donors (Lipinski definition) is 0. The summed E-state index contributed by atoms with van der Waals surface area (Å²) < 4.78 is 45.2. The van der Waals surface area contributed by atoms with Crippen LogP contribution in [-0.4, -0.2) is 161 Å². The average Bonchev–Trinajstić information content (AvgIpc) is 3.68. The first kappa shape index (κ1) is 76.6. The van der Waals surface area contributed by atoms with Gasteiger partial charge < -0.3 is 33.2 Å². The molecule has 4 heterocycles. The van der Waals surface area contributed by atoms with Crippen LogP contribution in [0.3, 0.4) is 0 Å². The maximum absolute atomic E-state index is 12.0. The van der Waals surface area contributed by atoms with E-state index in [0.717, 1.165) is 120 Å². The molecular weight excluding hydrogens is 1710 g/mol. The number of carbonyl (C=O) groups excluding carboxylic acids is 3. The number of halogens is 7. The summed E-state index contributed by atoms with van der Waals surface area (Å²) in [5.41, 5.74) is 5.70. The summed E-state index contributed by atoms with van der Waals surface area (Å²) in [5, 5.41) is 0.357. The minimum absolute atomic E-state index is 0.00312. The van der Waals surface area contributed by atoms with E-state index in [4.69, 9.17) is 33.2 Å². The third-order valence-electron chi connectivity index (χ3n) is 11.4. The number of carbonyl (C=O) groups is 3. The molecule has 0 N–H and O–H groups in total. The van der Waals surface area contributed by atoms with Gasteiger partial charge in [0.1, 0.15) is 37.4 Å². The van der Waals surface area contributed by atoms with E-state index in [2.05, 4.69) is 138 Å². The Kier molecular flexibility index (Phi) is 39.7. The van der Waals surface area contributed by atoms with Gasteiger partial charge in [-0.1, -0.05) is 111 Å². The summed E-state index contributed by atoms with van der Waals surface area (Å²) in [6.45, 7) is 19.0. The quantitative estimate of drug-likeness (QED) is 0.0407. The minimum Gasteiger partial charge on any atom is -0.491 e. The summed E-state index contributed by atoms with van der Waals surface area (Å²) in [4.78, 5) is 36.0. The lowest BCUT2D eigenvalue weighted by Gasteiger charge is -2.21. The lowest BCUT2D eigenvalue weighted by molar-refractivity contribution is -0.149. The average molecular weight is 1780 g/mol. The van der Waals surface area contributed by atoms with Crippen LogP contribution in [0.5, 0.6) is 17.2 Å². The third kappa shape index (κ3) is 32.2. The molecule has 0 bridgehead atoms. The molecule has 4 aromatic carbocycles. The van der Waals surface area contributed by atoms with Gasteiger partial charge >= 0.3 is 17.9 Å². The molecule has 4 aliphatic heterocycles. The van der Waals surface area contributed by atoms with E-state index in [1.165, 1.54) is 22.3 Å². The van der Waals surface area contributed by atoms with Crippen molar-refractivity contribution in [1.82, 2.24) is 0 Å². The van der Waals surface area contributed by atoms with E-state index in [9.17, 15) is 14.4 Å². The van der Waals surface area contributed by atoms with E-state index >= 15 is 0 Å². The van der Waals surface area contributed by atoms with E-state index in [1.807, 2.05) is 131 Å². The minimum atomic E-state index is -0.483. The topological polar surface area (TPSA) is 116 Å². The van der Waals surface area contributed by atoms with Crippen LogP contribution in [0, 0.1) is 0 Å². The Morgan fingerprint density at radius 3 is 1.37 bits per heavy atom. The Balaban J connectivity index is 0.000000211. The van der Waals surface area contributed by atoms with Gasteiger partial charge in [0.05, 0.1) is 61.7 Å². The van der Waals surface area contributed by atoms with E-state index in [0.29, 0.717) is 70.8 Å². The van der Waals surface area contributed by atoms with Crippen molar-refractivity contribution < 1.29 is 47.5 Å². The van der Waals surface area contributed by atoms with Gasteiger partial charge in [0.15, 0.2) is 5.75 Å². The normalized spacial score (nSPS) is 17.5. The molecule has 4 saturated heterocycles. The van der Waals surface area contributed by atoms with Crippen molar-refractivity contribution in [3.8, 4) is 17.2 Å². The number of ether oxygens (including phenoxy) is 7. The Morgan fingerprint density at radius 2 is 0.872 bits per heavy atom. The summed E-state index contributed by atoms with van der Waals surface area (Å²) in [7, 11) is 0. The van der Waals surface area contributed by atoms with Crippen LogP contribution >= 0.6 is 206 Å². The summed E-state index contributed by atoms with van der Waals surface area (Å²) in [6.07, 6.45) is 0.475. The SMILES string of the molecule is C=C1CSCC(COC(=O)c2ccccc2Br)SC1.C=C1CSCC(OC(=O)CCC(=O)Oc2c(Br)cc(Br)cc2Br)CSC1.C=C1CSCC(OCCOc2c(Br)cc(Br)cc2Br)CSC1.C=C1CSCC(OCCOc2ccccc2)CSC1. The maximum atomic E-state index is 12.0. The number of rotatable bonds is 18. The van der Waals surface area contributed by atoms with Gasteiger partial charge in [-0.15, -0.1) is 11.8 Å². The van der Waals surface area contributed by atoms with Gasteiger partial charge in [0.2, 0.25) is 0 Å². The second-order valence-corrected chi connectivity index (χ2v) is 33.7. The van der Waals surface area contributed by atoms with Crippen molar-refractivity contribution in [3.05, 3.63) is 164 Å². The van der Waals surface area contributed by atoms with Crippen LogP contribution in [0.25, 0.3) is 0 Å². The van der Waals surface area contributed by atoms with Gasteiger partial charge in [0.25, 0.3) is 0 Å². The fourth-order valence-corrected chi connectivity index (χ4v) is 21.8. The number of benzene rings is 4. The van der Waals surface area contributed by atoms with Crippen LogP contribution in [-0.2, 0) is 28.5 Å². The molecule has 1 unspecified atom stereocenters. The lowest BCUT2D eigenvalue weighted by Crippen LogP contribution is -2.25. The molecule has 0 aromatic heterocycles. The van der Waals surface area contributed by atoms with Crippen LogP contribution in [0.4, 0.5) is 0 Å². The lowest BCUT2D eigenvalue weighted by atomic mass is 10.2. The molecule has 8 rings (SSSR count). The molecule has 4 aromatic rings. The largest absolute Gasteiger partial charge is 0.491 e. The number of thioether (sulfide) groups is 8. The highest BCUT2D eigenvalue weighted by molar-refractivity contribution is 9.12. The van der Waals surface area contributed by atoms with E-state index in [-0.39, 0.29) is 30.9 Å². The summed E-state index contributed by atoms with van der Waals surface area (Å²) >= 11 is 38.7. The van der Waals surface area contributed by atoms with Crippen molar-refractivity contribution in [1.29, 1.82) is 0 Å². The van der Waals surface area contributed by atoms with E-state index < -0.39 is 5.97 Å². The van der Waals surface area contributed by atoms with Gasteiger partial charge in [0, 0.05) is 105 Å². The van der Waals surface area contributed by atoms with Crippen LogP contribution in [0.2, 0.25) is 0 Å². The van der Waals surface area contributed by atoms with Gasteiger partial charge in [-0.25, -0.2) is 4.79 Å². The molecule has 0 spiro atoms. The fourth-order valence-electron chi connectivity index (χ4n) is 7.32. The van der Waals surface area contributed by atoms with Crippen molar-refractivity contribution in [2.45, 2.75) is 36.4 Å². The first-order valence-corrected chi connectivity index (χ1v) is 41.6. The van der Waals surface area contributed by atoms with Crippen molar-refractivity contribution in [2.75, 3.05) is 119 Å². The summed E-state index contributed by atoms with van der Waals surface area (Å²) in [6, 6.07) is 24.7. The van der Waals surface area contributed by atoms with Gasteiger partial charge in [-0.3, -0.25) is 9.59 Å². The van der Waals surface area contributed by atoms with Crippen molar-refractivity contribution in [3.63, 3.8) is 0 Å². The predicted molar refractivity (Wildman–Crippen MR) is 399 cm³/mol. The molecule has 4 fully saturated rings. The molecule has 86 heavy (non-hydrogen) atoms. The Hall–Kier alpha value is -0.0700. The first-order valence-electron chi connectivity index (χ1n) is 26.9. The second kappa shape index (κ2) is 44.5. The maximum Gasteiger partial charge on any atom is 0.339 e. The molecule has 0 amide bonds. The monoisotopic (exact) mass is 1770 g/mol. The smallest absolute Gasteiger partial charge is 0.339 e. The molecule has 4 aliphatic rings. The van der Waals surface area contributed by atoms with Crippen molar-refractivity contribution >= 4 is 224 Å². The zero-order valence-electron chi connectivity index (χ0n) is 47.2. The predicted octanol–water partition coefficient (Wildman–Crippen LogP) is 18.9. The molecule has 1 atom stereocenters. The molecule has 0 aliphatic carbocycles. The third-order valence-corrected chi connectivity index (χ3v) is 25.5. The first-order chi connectivity index (χ1) is 41.4. The Morgan fingerprint density at radius 1 is 0.453 bits per heavy atom. The Labute approximate surface area is 601 Å². The second-order valence-electron chi connectivity index (χ2n) is 19.1. The number of hydrogen-bond acceptors (Lipinski definition) is 18. The van der Waals surface area contributed by atoms with E-state index in [1.54, 1.807) is 41.7 Å². The zero-order chi connectivity index (χ0) is 62.1. The molecule has 25 heteroatoms. The van der Waals surface area contributed by atoms with Crippen LogP contribution < -0.4 is 14.2 Å². The zero-order valence-corrected chi connectivity index (χ0v) is 64.8. The molecule has 10 nitrogen and oxygen atoms in total. The highest BCUT2D eigenvalue weighted by atomic mass is 79.9. The van der Waals surface area contributed by atoms with Gasteiger partial charge in [-0.05, 0) is 128 Å². The number of para-hydroxylation sites is 1. The highest BCUT2D eigenvalue weighted by Gasteiger charge is 2.22. The number of esters is 3. The van der Waals surface area contributed by atoms with Crippen LogP contribution in [0.15, 0.2) is 159 Å². The molecular formula is C61H69Br7O10S8. The summed E-state index contributed by atoms with van der Waals surface area (Å²) in [5.74, 6) is 15.6. The standard InChI is InChI=1S/C17H17Br3O4S2.C15H17Br3O2S2.C15H20O2S2.C14H15BrO2S2/c1-10-6-25-8-12(9-26-7-10)23-15(21)2-3-16(22)24-17-13(19)4-11(18)5-14(17)20;1-10-6-21-8-12(9-22-7-10)19-2-3-20-15-13(17)4-11(16)5-14(15)18;1-13-9-18-11-15(12-19-10-13)17-8-7-16-14-5-3-2-4-6-14;1-10-7-18-9-11(19-8-10)6-17-14(16)12-4-2-3-5-13(12)15/h4-5,12H,1-3,6-9H2;4-5,12H,1-3,6-9H2;2-6,15H,1,7-12H2;2-5,11H,1,6-9H2. The molecule has 470 valence electrons. The fraction of sp³-hybridized carbons (Fsp3) is 0.426. The Bertz CT molecular complexity index is 2740. The molecule has 0 radical (unpaired) electrons. The highest BCUT2D eigenvalue weighted by Crippen LogP contribution is 2.38.